The van der Waals surface area contributed by atoms with Crippen molar-refractivity contribution in [2.24, 2.45) is 5.41 Å². The van der Waals surface area contributed by atoms with Crippen molar-refractivity contribution in [3.63, 3.8) is 0 Å². The first kappa shape index (κ1) is 19.9. The lowest BCUT2D eigenvalue weighted by Crippen LogP contribution is -2.65. The summed E-state index contributed by atoms with van der Waals surface area (Å²) in [6, 6.07) is 0.163. The highest BCUT2D eigenvalue weighted by Crippen LogP contribution is 2.57. The lowest BCUT2D eigenvalue weighted by Gasteiger charge is -2.57. The van der Waals surface area contributed by atoms with Crippen molar-refractivity contribution in [2.75, 3.05) is 13.2 Å². The van der Waals surface area contributed by atoms with Gasteiger partial charge in [0.2, 0.25) is 0 Å². The van der Waals surface area contributed by atoms with Crippen LogP contribution in [-0.4, -0.2) is 47.2 Å². The Bertz CT molecular complexity index is 689. The zero-order valence-corrected chi connectivity index (χ0v) is 16.6. The standard InChI is InChI=1S/C21H31NO5/c1-4-10-22(16-12-17(26-5-2)21(16)8-6-7-9-21)20(25)19-14(3)13-27-15(19)11-18(23)24/h13,16-17H,4-12H2,1-3H3,(H,23,24). The lowest BCUT2D eigenvalue weighted by atomic mass is 9.59. The Morgan fingerprint density at radius 2 is 2.04 bits per heavy atom. The number of amides is 1. The molecule has 1 aromatic rings. The van der Waals surface area contributed by atoms with Gasteiger partial charge in [-0.3, -0.25) is 9.59 Å². The number of nitrogens with zero attached hydrogens (tertiary/aromatic N) is 1. The van der Waals surface area contributed by atoms with Crippen LogP contribution in [0.15, 0.2) is 10.7 Å². The summed E-state index contributed by atoms with van der Waals surface area (Å²) in [5.41, 5.74) is 1.20. The number of hydrogen-bond donors (Lipinski definition) is 1. The topological polar surface area (TPSA) is 80.0 Å². The van der Waals surface area contributed by atoms with Gasteiger partial charge in [-0.05, 0) is 39.5 Å². The summed E-state index contributed by atoms with van der Waals surface area (Å²) in [6.45, 7) is 7.27. The molecule has 2 unspecified atom stereocenters. The molecule has 0 bridgehead atoms. The molecule has 2 fully saturated rings. The van der Waals surface area contributed by atoms with Crippen LogP contribution in [0.5, 0.6) is 0 Å². The van der Waals surface area contributed by atoms with Crippen molar-refractivity contribution in [1.82, 2.24) is 4.90 Å². The minimum atomic E-state index is -0.993. The van der Waals surface area contributed by atoms with E-state index in [0.29, 0.717) is 24.3 Å². The first-order chi connectivity index (χ1) is 12.9. The lowest BCUT2D eigenvalue weighted by molar-refractivity contribution is -0.156. The number of aryl methyl sites for hydroxylation is 1. The Morgan fingerprint density at radius 1 is 1.33 bits per heavy atom. The highest BCUT2D eigenvalue weighted by molar-refractivity contribution is 5.97. The SMILES string of the molecule is CCCN(C(=O)c1c(C)coc1CC(=O)O)C1CC(OCC)C12CCCC2. The molecule has 0 radical (unpaired) electrons. The van der Waals surface area contributed by atoms with Gasteiger partial charge in [0.25, 0.3) is 5.91 Å². The fourth-order valence-electron chi connectivity index (χ4n) is 5.12. The van der Waals surface area contributed by atoms with Gasteiger partial charge in [0.1, 0.15) is 12.2 Å². The van der Waals surface area contributed by atoms with Crippen molar-refractivity contribution in [3.8, 4) is 0 Å². The summed E-state index contributed by atoms with van der Waals surface area (Å²) < 4.78 is 11.4. The first-order valence-corrected chi connectivity index (χ1v) is 10.2. The van der Waals surface area contributed by atoms with Crippen LogP contribution in [0.25, 0.3) is 0 Å². The highest BCUT2D eigenvalue weighted by Gasteiger charge is 2.59. The van der Waals surface area contributed by atoms with Gasteiger partial charge in [-0.1, -0.05) is 19.8 Å². The monoisotopic (exact) mass is 377 g/mol. The second-order valence-corrected chi connectivity index (χ2v) is 7.92. The third kappa shape index (κ3) is 3.51. The summed E-state index contributed by atoms with van der Waals surface area (Å²) in [5.74, 6) is -0.828. The number of carbonyl (C=O) groups excluding carboxylic acids is 1. The minimum Gasteiger partial charge on any atom is -0.481 e. The molecule has 6 nitrogen and oxygen atoms in total. The van der Waals surface area contributed by atoms with Crippen molar-refractivity contribution in [1.29, 1.82) is 0 Å². The largest absolute Gasteiger partial charge is 0.481 e. The molecule has 0 aromatic carbocycles. The van der Waals surface area contributed by atoms with Crippen LogP contribution >= 0.6 is 0 Å². The maximum atomic E-state index is 13.5. The fraction of sp³-hybridized carbons (Fsp3) is 0.714. The molecule has 3 rings (SSSR count). The van der Waals surface area contributed by atoms with E-state index in [1.165, 1.54) is 19.1 Å². The van der Waals surface area contributed by atoms with E-state index in [1.807, 2.05) is 11.8 Å². The number of carboxylic acids is 1. The van der Waals surface area contributed by atoms with Gasteiger partial charge < -0.3 is 19.2 Å². The molecule has 2 saturated carbocycles. The van der Waals surface area contributed by atoms with Crippen molar-refractivity contribution >= 4 is 11.9 Å². The molecule has 1 N–H and O–H groups in total. The van der Waals surface area contributed by atoms with E-state index >= 15 is 0 Å². The van der Waals surface area contributed by atoms with Crippen LogP contribution < -0.4 is 0 Å². The van der Waals surface area contributed by atoms with Crippen LogP contribution in [0.3, 0.4) is 0 Å². The molecule has 1 aromatic heterocycles. The number of hydrogen-bond acceptors (Lipinski definition) is 4. The van der Waals surface area contributed by atoms with Crippen LogP contribution in [0.1, 0.15) is 74.1 Å². The van der Waals surface area contributed by atoms with E-state index in [0.717, 1.165) is 25.7 Å². The predicted octanol–water partition coefficient (Wildman–Crippen LogP) is 3.81. The summed E-state index contributed by atoms with van der Waals surface area (Å²) in [5, 5.41) is 9.15. The molecule has 27 heavy (non-hydrogen) atoms. The van der Waals surface area contributed by atoms with Crippen molar-refractivity contribution < 1.29 is 23.8 Å². The molecule has 2 aliphatic carbocycles. The Kier molecular flexibility index (Phi) is 5.94. The average molecular weight is 377 g/mol. The molecular formula is C21H31NO5. The average Bonchev–Trinajstić information content (AvgIpc) is 3.25. The van der Waals surface area contributed by atoms with E-state index in [4.69, 9.17) is 14.3 Å². The molecular weight excluding hydrogens is 346 g/mol. The number of ether oxygens (including phenoxy) is 1. The van der Waals surface area contributed by atoms with Crippen LogP contribution in [-0.2, 0) is 16.0 Å². The van der Waals surface area contributed by atoms with Gasteiger partial charge in [0, 0.05) is 30.2 Å². The molecule has 1 heterocycles. The summed E-state index contributed by atoms with van der Waals surface area (Å²) in [4.78, 5) is 26.6. The van der Waals surface area contributed by atoms with Crippen LogP contribution in [0.2, 0.25) is 0 Å². The third-order valence-electron chi connectivity index (χ3n) is 6.32. The van der Waals surface area contributed by atoms with Gasteiger partial charge in [0.15, 0.2) is 0 Å². The van der Waals surface area contributed by atoms with Gasteiger partial charge in [-0.25, -0.2) is 0 Å². The molecule has 1 spiro atoms. The summed E-state index contributed by atoms with van der Waals surface area (Å²) in [6.07, 6.45) is 7.74. The molecule has 2 aliphatic rings. The number of rotatable bonds is 8. The van der Waals surface area contributed by atoms with Gasteiger partial charge >= 0.3 is 5.97 Å². The summed E-state index contributed by atoms with van der Waals surface area (Å²) in [7, 11) is 0. The molecule has 0 saturated heterocycles. The Labute approximate surface area is 160 Å². The quantitative estimate of drug-likeness (QED) is 0.745. The Morgan fingerprint density at radius 3 is 2.63 bits per heavy atom. The molecule has 150 valence electrons. The highest BCUT2D eigenvalue weighted by atomic mass is 16.5. The van der Waals surface area contributed by atoms with Gasteiger partial charge in [-0.2, -0.15) is 0 Å². The number of carbonyl (C=O) groups is 2. The maximum absolute atomic E-state index is 13.5. The fourth-order valence-corrected chi connectivity index (χ4v) is 5.12. The molecule has 0 aliphatic heterocycles. The van der Waals surface area contributed by atoms with Gasteiger partial charge in [0.05, 0.1) is 17.9 Å². The second kappa shape index (κ2) is 8.05. The van der Waals surface area contributed by atoms with E-state index in [-0.39, 0.29) is 35.6 Å². The molecule has 6 heteroatoms. The smallest absolute Gasteiger partial charge is 0.311 e. The minimum absolute atomic E-state index is 0.0610. The Hall–Kier alpha value is -1.82. The van der Waals surface area contributed by atoms with Crippen LogP contribution in [0, 0.1) is 12.3 Å². The third-order valence-corrected chi connectivity index (χ3v) is 6.32. The van der Waals surface area contributed by atoms with E-state index in [2.05, 4.69) is 6.92 Å². The zero-order valence-electron chi connectivity index (χ0n) is 16.6. The number of aliphatic carboxylic acids is 1. The number of carboxylic acid groups (broad SMARTS) is 1. The second-order valence-electron chi connectivity index (χ2n) is 7.92. The molecule has 1 amide bonds. The van der Waals surface area contributed by atoms with E-state index in [9.17, 15) is 9.59 Å². The Balaban J connectivity index is 1.89. The maximum Gasteiger partial charge on any atom is 0.311 e. The number of furan rings is 1. The first-order valence-electron chi connectivity index (χ1n) is 10.2. The van der Waals surface area contributed by atoms with Crippen LogP contribution in [0.4, 0.5) is 0 Å². The van der Waals surface area contributed by atoms with Crippen molar-refractivity contribution in [2.45, 2.75) is 77.9 Å². The summed E-state index contributed by atoms with van der Waals surface area (Å²) >= 11 is 0. The molecule has 2 atom stereocenters. The zero-order chi connectivity index (χ0) is 19.6. The normalized spacial score (nSPS) is 23.4. The van der Waals surface area contributed by atoms with Gasteiger partial charge in [-0.15, -0.1) is 0 Å². The predicted molar refractivity (Wildman–Crippen MR) is 101 cm³/mol. The van der Waals surface area contributed by atoms with E-state index in [1.54, 1.807) is 6.92 Å². The van der Waals surface area contributed by atoms with E-state index < -0.39 is 5.97 Å². The van der Waals surface area contributed by atoms with Crippen molar-refractivity contribution in [3.05, 3.63) is 23.2 Å².